The van der Waals surface area contributed by atoms with Crippen LogP contribution in [0.15, 0.2) is 0 Å². The summed E-state index contributed by atoms with van der Waals surface area (Å²) < 4.78 is 38.6. The van der Waals surface area contributed by atoms with Crippen molar-refractivity contribution in [3.63, 3.8) is 0 Å². The Morgan fingerprint density at radius 3 is 2.43 bits per heavy atom. The summed E-state index contributed by atoms with van der Waals surface area (Å²) in [6, 6.07) is 0. The predicted octanol–water partition coefficient (Wildman–Crippen LogP) is 0.911. The van der Waals surface area contributed by atoms with Crippen molar-refractivity contribution in [2.75, 3.05) is 6.61 Å². The summed E-state index contributed by atoms with van der Waals surface area (Å²) >= 11 is 0. The van der Waals surface area contributed by atoms with Gasteiger partial charge in [-0.1, -0.05) is 6.92 Å². The fraction of sp³-hybridized carbons (Fsp3) is 0.947. The molecule has 1 aliphatic heterocycles. The van der Waals surface area contributed by atoms with Gasteiger partial charge in [-0.2, -0.15) is 0 Å². The molecule has 30 heavy (non-hydrogen) atoms. The number of phosphoric acid groups is 1. The molecule has 1 heterocycles. The quantitative estimate of drug-likeness (QED) is 0.483. The summed E-state index contributed by atoms with van der Waals surface area (Å²) in [4.78, 5) is 24.9. The van der Waals surface area contributed by atoms with Gasteiger partial charge in [0.25, 0.3) is 0 Å². The summed E-state index contributed by atoms with van der Waals surface area (Å²) in [5.74, 6) is -1.59. The molecule has 1 saturated heterocycles. The minimum Gasteiger partial charge on any atom is -0.746 e. The summed E-state index contributed by atoms with van der Waals surface area (Å²) in [7, 11) is -5.17. The third kappa shape index (κ3) is 6.23. The lowest BCUT2D eigenvalue weighted by molar-refractivity contribution is -0.241. The number of aliphatic hydroxyl groups excluding tert-OH is 1. The summed E-state index contributed by atoms with van der Waals surface area (Å²) in [5.41, 5.74) is -1.96. The molecular formula is C19H34O10P-. The average molecular weight is 453 g/mol. The van der Waals surface area contributed by atoms with Gasteiger partial charge < -0.3 is 38.4 Å². The molecule has 0 aromatic carbocycles. The molecule has 10 nitrogen and oxygen atoms in total. The Balaban J connectivity index is 2.07. The van der Waals surface area contributed by atoms with E-state index in [2.05, 4.69) is 4.52 Å². The van der Waals surface area contributed by atoms with Crippen molar-refractivity contribution < 1.29 is 47.7 Å². The molecule has 11 heteroatoms. The number of aliphatic hydroxyl groups is 2. The number of carbonyl (C=O) groups excluding carboxylic acids is 1. The zero-order valence-electron chi connectivity index (χ0n) is 18.3. The van der Waals surface area contributed by atoms with Crippen LogP contribution in [-0.2, 0) is 32.6 Å². The zero-order chi connectivity index (χ0) is 22.9. The summed E-state index contributed by atoms with van der Waals surface area (Å²) in [6.07, 6.45) is -4.73. The van der Waals surface area contributed by atoms with Crippen molar-refractivity contribution in [2.45, 2.75) is 103 Å². The molecule has 0 aromatic heterocycles. The molecule has 176 valence electrons. The van der Waals surface area contributed by atoms with Gasteiger partial charge in [0.1, 0.15) is 11.7 Å². The maximum absolute atomic E-state index is 12.5. The van der Waals surface area contributed by atoms with Crippen molar-refractivity contribution >= 4 is 13.8 Å². The van der Waals surface area contributed by atoms with Gasteiger partial charge in [0.2, 0.25) is 0 Å². The van der Waals surface area contributed by atoms with E-state index in [1.165, 1.54) is 0 Å². The van der Waals surface area contributed by atoms with Gasteiger partial charge in [0, 0.05) is 6.42 Å². The molecule has 2 aliphatic rings. The first-order chi connectivity index (χ1) is 13.7. The molecule has 2 N–H and O–H groups in total. The van der Waals surface area contributed by atoms with Crippen LogP contribution in [0.2, 0.25) is 0 Å². The lowest BCUT2D eigenvalue weighted by Crippen LogP contribution is -2.52. The molecule has 2 unspecified atom stereocenters. The number of hydrogen-bond donors (Lipinski definition) is 2. The van der Waals surface area contributed by atoms with Crippen LogP contribution < -0.4 is 4.89 Å². The molecule has 8 atom stereocenters. The van der Waals surface area contributed by atoms with Crippen LogP contribution in [0.1, 0.15) is 54.4 Å². The van der Waals surface area contributed by atoms with Crippen LogP contribution in [-0.4, -0.2) is 71.1 Å². The lowest BCUT2D eigenvalue weighted by Gasteiger charge is -2.36. The van der Waals surface area contributed by atoms with Crippen LogP contribution in [0.4, 0.5) is 0 Å². The van der Waals surface area contributed by atoms with E-state index >= 15 is 0 Å². The smallest absolute Gasteiger partial charge is 0.343 e. The van der Waals surface area contributed by atoms with Crippen LogP contribution in [0, 0.1) is 5.92 Å². The lowest BCUT2D eigenvalue weighted by atomic mass is 9.97. The number of rotatable bonds is 9. The van der Waals surface area contributed by atoms with E-state index in [1.807, 2.05) is 0 Å². The van der Waals surface area contributed by atoms with Crippen LogP contribution in [0.25, 0.3) is 0 Å². The largest absolute Gasteiger partial charge is 0.746 e. The zero-order valence-corrected chi connectivity index (χ0v) is 19.2. The minimum atomic E-state index is -5.17. The normalized spacial score (nSPS) is 38.9. The number of phosphoric ester groups is 1. The summed E-state index contributed by atoms with van der Waals surface area (Å²) in [6.45, 7) is 10.1. The second-order valence-electron chi connectivity index (χ2n) is 8.79. The van der Waals surface area contributed by atoms with E-state index in [-0.39, 0.29) is 31.3 Å². The second-order valence-corrected chi connectivity index (χ2v) is 10.1. The highest BCUT2D eigenvalue weighted by atomic mass is 31.2. The molecule has 0 aromatic rings. The van der Waals surface area contributed by atoms with Crippen molar-refractivity contribution in [1.82, 2.24) is 0 Å². The Kier molecular flexibility index (Phi) is 8.49. The van der Waals surface area contributed by atoms with E-state index in [1.54, 1.807) is 41.5 Å². The number of carbonyl (C=O) groups is 1. The van der Waals surface area contributed by atoms with Gasteiger partial charge >= 0.3 is 13.8 Å². The first kappa shape index (κ1) is 25.7. The summed E-state index contributed by atoms with van der Waals surface area (Å²) in [5, 5.41) is 21.2. The van der Waals surface area contributed by atoms with Crippen molar-refractivity contribution in [1.29, 1.82) is 0 Å². The van der Waals surface area contributed by atoms with E-state index in [0.29, 0.717) is 6.42 Å². The van der Waals surface area contributed by atoms with Gasteiger partial charge in [0.15, 0.2) is 6.10 Å². The van der Waals surface area contributed by atoms with Crippen molar-refractivity contribution in [3.8, 4) is 0 Å². The fourth-order valence-electron chi connectivity index (χ4n) is 3.83. The highest BCUT2D eigenvalue weighted by Gasteiger charge is 2.55. The maximum Gasteiger partial charge on any atom is 0.343 e. The van der Waals surface area contributed by atoms with Gasteiger partial charge in [0.05, 0.1) is 37.1 Å². The standard InChI is InChI=1S/C19H35O10P/c1-10(2)25-9-19(22)15(7-12(5)17(19)20)28-30(23,24)29-18(21)16-14(26-11(3)4)8-13(6)27-16/h10-17,20,22H,7-9H2,1-6H3,(H,23,24)/p-1/t12-,13-,14+,15+,16-,17?,19-/m0/s1. The average Bonchev–Trinajstić information content (AvgIpc) is 3.05. The Labute approximate surface area is 177 Å². The number of ether oxygens (including phenoxy) is 3. The predicted molar refractivity (Wildman–Crippen MR) is 103 cm³/mol. The van der Waals surface area contributed by atoms with Gasteiger partial charge in [-0.25, -0.2) is 4.79 Å². The van der Waals surface area contributed by atoms with Crippen LogP contribution >= 0.6 is 7.82 Å². The SMILES string of the molecule is CC(C)OC[C@@]1(O)C(O)[C@@H](C)C[C@H]1OP(=O)([O-])OC(=O)[C@H]1O[C@@H](C)C[C@H]1OC(C)C. The Morgan fingerprint density at radius 2 is 1.87 bits per heavy atom. The third-order valence-electron chi connectivity index (χ3n) is 5.26. The highest BCUT2D eigenvalue weighted by Crippen LogP contribution is 2.48. The second kappa shape index (κ2) is 9.92. The Hall–Kier alpha value is -0.580. The topological polar surface area (TPSA) is 144 Å². The molecule has 0 bridgehead atoms. The monoisotopic (exact) mass is 453 g/mol. The van der Waals surface area contributed by atoms with Gasteiger partial charge in [-0.15, -0.1) is 0 Å². The molecule has 1 aliphatic carbocycles. The van der Waals surface area contributed by atoms with Crippen molar-refractivity contribution in [2.24, 2.45) is 5.92 Å². The van der Waals surface area contributed by atoms with E-state index in [0.717, 1.165) is 0 Å². The van der Waals surface area contributed by atoms with E-state index in [9.17, 15) is 24.5 Å². The molecule has 0 amide bonds. The van der Waals surface area contributed by atoms with Crippen LogP contribution in [0.3, 0.4) is 0 Å². The maximum atomic E-state index is 12.5. The van der Waals surface area contributed by atoms with Gasteiger partial charge in [-0.3, -0.25) is 4.57 Å². The van der Waals surface area contributed by atoms with E-state index in [4.69, 9.17) is 18.7 Å². The van der Waals surface area contributed by atoms with Crippen LogP contribution in [0.5, 0.6) is 0 Å². The minimum absolute atomic E-state index is 0.0406. The Morgan fingerprint density at radius 1 is 1.23 bits per heavy atom. The molecule has 0 spiro atoms. The molecule has 2 fully saturated rings. The highest BCUT2D eigenvalue weighted by molar-refractivity contribution is 7.46. The third-order valence-corrected chi connectivity index (χ3v) is 6.18. The first-order valence-corrected chi connectivity index (χ1v) is 11.8. The molecular weight excluding hydrogens is 419 g/mol. The first-order valence-electron chi connectivity index (χ1n) is 10.3. The molecule has 2 rings (SSSR count). The molecule has 1 saturated carbocycles. The molecule has 0 radical (unpaired) electrons. The van der Waals surface area contributed by atoms with Crippen molar-refractivity contribution in [3.05, 3.63) is 0 Å². The fourth-order valence-corrected chi connectivity index (χ4v) is 4.78. The van der Waals surface area contributed by atoms with Gasteiger partial charge in [-0.05, 0) is 47.0 Å². The Bertz CT molecular complexity index is 641. The van der Waals surface area contributed by atoms with E-state index < -0.39 is 49.7 Å². The number of hydrogen-bond acceptors (Lipinski definition) is 10.